The minimum Gasteiger partial charge on any atom is -0.454 e. The zero-order chi connectivity index (χ0) is 54.4. The maximum Gasteiger partial charge on any atom is 0.159 e. The lowest BCUT2D eigenvalue weighted by atomic mass is 9.67. The van der Waals surface area contributed by atoms with E-state index >= 15 is 0 Å². The standard InChI is InChI=1S/C77H58N2O2/c1-45(2)61-43-65-66-44-62(46(3)4)64-42-52(79(50-35-31-48(6)32-36-50)70-26-16-22-60-56-20-10-14-28-72(56)81-76(60)70)38-40-58(64)74(66)77(67-23-11-7-17-53(67)54-18-8-12-24-68(54)77)73(65)57-39-37-51(41-63(57)61)78(49-33-29-47(5)30-34-49)69-25-15-21-59-55-19-9-13-27-71(55)80-75(59)69/h7-46H,1-6H3. The van der Waals surface area contributed by atoms with Gasteiger partial charge in [0.05, 0.1) is 16.8 Å². The van der Waals surface area contributed by atoms with Gasteiger partial charge in [0.15, 0.2) is 11.2 Å². The van der Waals surface area contributed by atoms with Crippen molar-refractivity contribution in [3.63, 3.8) is 0 Å². The minimum absolute atomic E-state index is 0.222. The molecule has 14 aromatic rings. The summed E-state index contributed by atoms with van der Waals surface area (Å²) >= 11 is 0. The Morgan fingerprint density at radius 2 is 0.704 bits per heavy atom. The van der Waals surface area contributed by atoms with E-state index in [0.29, 0.717) is 0 Å². The van der Waals surface area contributed by atoms with E-state index in [4.69, 9.17) is 8.83 Å². The Balaban J connectivity index is 0.982. The fraction of sp³-hybridized carbons (Fsp3) is 0.117. The highest BCUT2D eigenvalue weighted by Gasteiger charge is 2.54. The third-order valence-corrected chi connectivity index (χ3v) is 17.9. The number of hydrogen-bond acceptors (Lipinski definition) is 4. The number of fused-ring (bicyclic) bond motifs is 20. The number of anilines is 6. The lowest BCUT2D eigenvalue weighted by Crippen LogP contribution is -2.27. The summed E-state index contributed by atoms with van der Waals surface area (Å²) in [4.78, 5) is 4.81. The first-order valence-corrected chi connectivity index (χ1v) is 28.6. The van der Waals surface area contributed by atoms with Crippen LogP contribution in [0.4, 0.5) is 34.1 Å². The van der Waals surface area contributed by atoms with Gasteiger partial charge < -0.3 is 18.6 Å². The normalized spacial score (nSPS) is 13.1. The van der Waals surface area contributed by atoms with Gasteiger partial charge in [-0.25, -0.2) is 0 Å². The minimum atomic E-state index is -0.643. The van der Waals surface area contributed by atoms with Crippen LogP contribution in [0.1, 0.15) is 84.0 Å². The smallest absolute Gasteiger partial charge is 0.159 e. The molecule has 0 saturated heterocycles. The third kappa shape index (κ3) is 6.77. The predicted octanol–water partition coefficient (Wildman–Crippen LogP) is 21.9. The van der Waals surface area contributed by atoms with Crippen LogP contribution in [0.25, 0.3) is 87.7 Å². The highest BCUT2D eigenvalue weighted by atomic mass is 16.3. The molecule has 4 nitrogen and oxygen atoms in total. The second-order valence-electron chi connectivity index (χ2n) is 23.2. The van der Waals surface area contributed by atoms with Crippen LogP contribution < -0.4 is 9.80 Å². The summed E-state index contributed by atoms with van der Waals surface area (Å²) in [6.45, 7) is 13.8. The fourth-order valence-electron chi connectivity index (χ4n) is 14.3. The van der Waals surface area contributed by atoms with Crippen LogP contribution in [0.5, 0.6) is 0 Å². The number of nitrogens with zero attached hydrogens (tertiary/aromatic N) is 2. The molecule has 2 aliphatic carbocycles. The number of aryl methyl sites for hydroxylation is 2. The van der Waals surface area contributed by atoms with Crippen LogP contribution in [0.2, 0.25) is 0 Å². The Hall–Kier alpha value is -9.64. The number of benzene rings is 12. The van der Waals surface area contributed by atoms with Crippen molar-refractivity contribution in [3.05, 3.63) is 275 Å². The molecule has 0 aliphatic heterocycles. The van der Waals surface area contributed by atoms with Gasteiger partial charge >= 0.3 is 0 Å². The second-order valence-corrected chi connectivity index (χ2v) is 23.2. The van der Waals surface area contributed by atoms with E-state index in [9.17, 15) is 0 Å². The Bertz CT molecular complexity index is 4610. The van der Waals surface area contributed by atoms with Crippen molar-refractivity contribution in [2.75, 3.05) is 9.80 Å². The molecule has 0 N–H and O–H groups in total. The Labute approximate surface area is 471 Å². The molecule has 0 fully saturated rings. The van der Waals surface area contributed by atoms with E-state index in [0.717, 1.165) is 78.0 Å². The van der Waals surface area contributed by atoms with Gasteiger partial charge in [-0.3, -0.25) is 0 Å². The molecule has 388 valence electrons. The molecule has 0 atom stereocenters. The molecule has 0 radical (unpaired) electrons. The van der Waals surface area contributed by atoms with Crippen LogP contribution in [0.15, 0.2) is 239 Å². The first-order chi connectivity index (χ1) is 39.6. The summed E-state index contributed by atoms with van der Waals surface area (Å²) in [6.07, 6.45) is 0. The largest absolute Gasteiger partial charge is 0.454 e. The van der Waals surface area contributed by atoms with Crippen molar-refractivity contribution in [3.8, 4) is 22.3 Å². The summed E-state index contributed by atoms with van der Waals surface area (Å²) in [7, 11) is 0. The third-order valence-electron chi connectivity index (χ3n) is 17.9. The van der Waals surface area contributed by atoms with E-state index in [1.54, 1.807) is 0 Å². The highest BCUT2D eigenvalue weighted by molar-refractivity contribution is 6.15. The summed E-state index contributed by atoms with van der Waals surface area (Å²) < 4.78 is 13.6. The van der Waals surface area contributed by atoms with Gasteiger partial charge in [0.25, 0.3) is 0 Å². The highest BCUT2D eigenvalue weighted by Crippen LogP contribution is 2.67. The molecule has 2 heterocycles. The molecule has 1 spiro atoms. The molecule has 2 aromatic heterocycles. The molecule has 16 rings (SSSR count). The van der Waals surface area contributed by atoms with Crippen LogP contribution in [-0.4, -0.2) is 0 Å². The Morgan fingerprint density at radius 3 is 1.14 bits per heavy atom. The van der Waals surface area contributed by atoms with Gasteiger partial charge in [-0.05, 0) is 188 Å². The van der Waals surface area contributed by atoms with Gasteiger partial charge in [-0.15, -0.1) is 0 Å². The molecule has 2 aliphatic rings. The van der Waals surface area contributed by atoms with Gasteiger partial charge in [-0.1, -0.05) is 184 Å². The van der Waals surface area contributed by atoms with Gasteiger partial charge in [0.2, 0.25) is 0 Å². The van der Waals surface area contributed by atoms with Crippen molar-refractivity contribution in [2.24, 2.45) is 0 Å². The Morgan fingerprint density at radius 1 is 0.321 bits per heavy atom. The molecule has 0 unspecified atom stereocenters. The molecule has 0 saturated carbocycles. The van der Waals surface area contributed by atoms with E-state index in [1.165, 1.54) is 88.3 Å². The number of hydrogen-bond donors (Lipinski definition) is 0. The topological polar surface area (TPSA) is 32.8 Å². The fourth-order valence-corrected chi connectivity index (χ4v) is 14.3. The van der Waals surface area contributed by atoms with Crippen molar-refractivity contribution >= 4 is 99.5 Å². The van der Waals surface area contributed by atoms with Gasteiger partial charge in [0, 0.05) is 44.3 Å². The second kappa shape index (κ2) is 17.7. The summed E-state index contributed by atoms with van der Waals surface area (Å²) in [5, 5.41) is 9.50. The molecule has 81 heavy (non-hydrogen) atoms. The van der Waals surface area contributed by atoms with Crippen molar-refractivity contribution in [2.45, 2.75) is 58.8 Å². The van der Waals surface area contributed by atoms with E-state index in [1.807, 2.05) is 0 Å². The first kappa shape index (κ1) is 47.4. The van der Waals surface area contributed by atoms with E-state index < -0.39 is 5.41 Å². The van der Waals surface area contributed by atoms with Crippen LogP contribution in [-0.2, 0) is 5.41 Å². The van der Waals surface area contributed by atoms with Crippen LogP contribution in [0, 0.1) is 13.8 Å². The number of furan rings is 2. The van der Waals surface area contributed by atoms with Crippen molar-refractivity contribution in [1.29, 1.82) is 0 Å². The number of rotatable bonds is 8. The summed E-state index contributed by atoms with van der Waals surface area (Å²) in [5.41, 5.74) is 24.8. The molecule has 12 aromatic carbocycles. The maximum absolute atomic E-state index is 6.82. The van der Waals surface area contributed by atoms with Crippen molar-refractivity contribution in [1.82, 2.24) is 0 Å². The van der Waals surface area contributed by atoms with E-state index in [-0.39, 0.29) is 11.8 Å². The zero-order valence-electron chi connectivity index (χ0n) is 46.3. The number of para-hydroxylation sites is 4. The SMILES string of the molecule is Cc1ccc(N(c2ccc3c4c(cc(C(C)C)c3c2)-c2cc(C(C)C)c3cc(N(c5ccc(C)cc5)c5cccc6c5oc5ccccc56)ccc3c2C42c3ccccc3-c3ccccc32)c2cccc3c2oc2ccccc23)cc1. The summed E-state index contributed by atoms with van der Waals surface area (Å²) in [6, 6.07) is 86.0. The van der Waals surface area contributed by atoms with Gasteiger partial charge in [0.1, 0.15) is 11.2 Å². The zero-order valence-corrected chi connectivity index (χ0v) is 46.3. The molecule has 0 bridgehead atoms. The summed E-state index contributed by atoms with van der Waals surface area (Å²) in [5.74, 6) is 0.443. The average Bonchev–Trinajstić information content (AvgIpc) is 1.91. The lowest BCUT2D eigenvalue weighted by Gasteiger charge is -2.34. The molecule has 0 amide bonds. The molecular weight excluding hydrogens is 985 g/mol. The van der Waals surface area contributed by atoms with Crippen LogP contribution >= 0.6 is 0 Å². The van der Waals surface area contributed by atoms with Gasteiger partial charge in [-0.2, -0.15) is 0 Å². The average molecular weight is 1040 g/mol. The molecular formula is C77H58N2O2. The lowest BCUT2D eigenvalue weighted by molar-refractivity contribution is 0.668. The predicted molar refractivity (Wildman–Crippen MR) is 339 cm³/mol. The first-order valence-electron chi connectivity index (χ1n) is 28.6. The quantitative estimate of drug-likeness (QED) is 0.152. The van der Waals surface area contributed by atoms with Crippen molar-refractivity contribution < 1.29 is 8.83 Å². The maximum atomic E-state index is 6.82. The van der Waals surface area contributed by atoms with E-state index in [2.05, 4.69) is 282 Å². The monoisotopic (exact) mass is 1040 g/mol. The Kier molecular flexibility index (Phi) is 10.3. The van der Waals surface area contributed by atoms with Crippen LogP contribution in [0.3, 0.4) is 0 Å². The molecule has 4 heteroatoms.